The molecule has 3 atom stereocenters. The number of hydrogen-bond donors (Lipinski definition) is 2. The number of rotatable bonds is 4. The Labute approximate surface area is 113 Å². The number of aliphatic hydroxyl groups is 1. The molecule has 0 amide bonds. The summed E-state index contributed by atoms with van der Waals surface area (Å²) < 4.78 is 10.6. The van der Waals surface area contributed by atoms with Crippen LogP contribution in [0.25, 0.3) is 0 Å². The summed E-state index contributed by atoms with van der Waals surface area (Å²) in [5.74, 6) is 2.20. The van der Waals surface area contributed by atoms with Crippen molar-refractivity contribution in [1.29, 1.82) is 0 Å². The van der Waals surface area contributed by atoms with Crippen LogP contribution in [0.1, 0.15) is 37.9 Å². The molecule has 1 aromatic carbocycles. The van der Waals surface area contributed by atoms with Gasteiger partial charge in [0.2, 0.25) is 6.79 Å². The van der Waals surface area contributed by atoms with E-state index in [4.69, 9.17) is 9.47 Å². The zero-order valence-electron chi connectivity index (χ0n) is 11.3. The minimum Gasteiger partial charge on any atom is -0.454 e. The highest BCUT2D eigenvalue weighted by molar-refractivity contribution is 5.45. The summed E-state index contributed by atoms with van der Waals surface area (Å²) in [6, 6.07) is 6.17. The van der Waals surface area contributed by atoms with E-state index in [0.717, 1.165) is 17.1 Å². The molecule has 4 heteroatoms. The van der Waals surface area contributed by atoms with Gasteiger partial charge in [0, 0.05) is 12.6 Å². The van der Waals surface area contributed by atoms with Crippen LogP contribution in [0.4, 0.5) is 0 Å². The van der Waals surface area contributed by atoms with Gasteiger partial charge in [-0.3, -0.25) is 0 Å². The first-order valence-electron chi connectivity index (χ1n) is 7.05. The minimum atomic E-state index is -0.498. The van der Waals surface area contributed by atoms with Crippen molar-refractivity contribution in [3.05, 3.63) is 23.8 Å². The maximum absolute atomic E-state index is 10.2. The van der Waals surface area contributed by atoms with Crippen molar-refractivity contribution in [3.63, 3.8) is 0 Å². The SMILES string of the molecule is CC1CCCC1NCC(O)c1ccc2c(c1)OCO2. The third-order valence-electron chi connectivity index (χ3n) is 4.22. The molecule has 0 aromatic heterocycles. The van der Waals surface area contributed by atoms with Crippen LogP contribution in [0, 0.1) is 5.92 Å². The van der Waals surface area contributed by atoms with Crippen LogP contribution >= 0.6 is 0 Å². The molecule has 1 heterocycles. The summed E-state index contributed by atoms with van der Waals surface area (Å²) in [7, 11) is 0. The van der Waals surface area contributed by atoms with Gasteiger partial charge in [-0.2, -0.15) is 0 Å². The summed E-state index contributed by atoms with van der Waals surface area (Å²) in [5, 5.41) is 13.7. The zero-order valence-corrected chi connectivity index (χ0v) is 11.3. The number of nitrogens with one attached hydrogen (secondary N) is 1. The van der Waals surface area contributed by atoms with Gasteiger partial charge in [-0.05, 0) is 36.5 Å². The smallest absolute Gasteiger partial charge is 0.231 e. The van der Waals surface area contributed by atoms with E-state index in [-0.39, 0.29) is 6.79 Å². The number of benzene rings is 1. The van der Waals surface area contributed by atoms with Gasteiger partial charge in [-0.25, -0.2) is 0 Å². The molecular weight excluding hydrogens is 242 g/mol. The summed E-state index contributed by atoms with van der Waals surface area (Å²) in [6.45, 7) is 3.14. The molecule has 4 nitrogen and oxygen atoms in total. The molecule has 19 heavy (non-hydrogen) atoms. The van der Waals surface area contributed by atoms with Crippen LogP contribution in [0.3, 0.4) is 0 Å². The fraction of sp³-hybridized carbons (Fsp3) is 0.600. The lowest BCUT2D eigenvalue weighted by molar-refractivity contribution is 0.165. The average molecular weight is 263 g/mol. The molecule has 2 aliphatic rings. The number of aliphatic hydroxyl groups excluding tert-OH is 1. The molecule has 1 aliphatic heterocycles. The summed E-state index contributed by atoms with van der Waals surface area (Å²) in [4.78, 5) is 0. The van der Waals surface area contributed by atoms with Crippen molar-refractivity contribution >= 4 is 0 Å². The van der Waals surface area contributed by atoms with Gasteiger partial charge in [0.25, 0.3) is 0 Å². The van der Waals surface area contributed by atoms with Gasteiger partial charge in [0.05, 0.1) is 6.10 Å². The highest BCUT2D eigenvalue weighted by Crippen LogP contribution is 2.34. The molecule has 1 saturated carbocycles. The van der Waals surface area contributed by atoms with Crippen molar-refractivity contribution < 1.29 is 14.6 Å². The predicted molar refractivity (Wildman–Crippen MR) is 72.3 cm³/mol. The first kappa shape index (κ1) is 12.8. The first-order valence-corrected chi connectivity index (χ1v) is 7.05. The van der Waals surface area contributed by atoms with Gasteiger partial charge >= 0.3 is 0 Å². The Morgan fingerprint density at radius 3 is 2.95 bits per heavy atom. The topological polar surface area (TPSA) is 50.7 Å². The Morgan fingerprint density at radius 2 is 2.16 bits per heavy atom. The molecule has 2 N–H and O–H groups in total. The zero-order chi connectivity index (χ0) is 13.2. The van der Waals surface area contributed by atoms with E-state index in [2.05, 4.69) is 12.2 Å². The van der Waals surface area contributed by atoms with Crippen molar-refractivity contribution in [1.82, 2.24) is 5.32 Å². The van der Waals surface area contributed by atoms with E-state index in [1.807, 2.05) is 18.2 Å². The van der Waals surface area contributed by atoms with Gasteiger partial charge in [-0.15, -0.1) is 0 Å². The normalized spacial score (nSPS) is 26.6. The van der Waals surface area contributed by atoms with Crippen LogP contribution in [0.2, 0.25) is 0 Å². The molecule has 0 bridgehead atoms. The molecular formula is C15H21NO3. The summed E-state index contributed by atoms with van der Waals surface area (Å²) >= 11 is 0. The molecule has 1 aliphatic carbocycles. The molecule has 0 spiro atoms. The van der Waals surface area contributed by atoms with Crippen LogP contribution < -0.4 is 14.8 Å². The van der Waals surface area contributed by atoms with Gasteiger partial charge in [0.15, 0.2) is 11.5 Å². The van der Waals surface area contributed by atoms with Crippen molar-refractivity contribution in [2.75, 3.05) is 13.3 Å². The lowest BCUT2D eigenvalue weighted by Gasteiger charge is -2.20. The molecule has 3 unspecified atom stereocenters. The van der Waals surface area contributed by atoms with E-state index in [0.29, 0.717) is 18.5 Å². The van der Waals surface area contributed by atoms with E-state index >= 15 is 0 Å². The number of hydrogen-bond acceptors (Lipinski definition) is 4. The van der Waals surface area contributed by atoms with Gasteiger partial charge < -0.3 is 19.9 Å². The highest BCUT2D eigenvalue weighted by atomic mass is 16.7. The fourth-order valence-corrected chi connectivity index (χ4v) is 2.95. The maximum atomic E-state index is 10.2. The third kappa shape index (κ3) is 2.69. The second kappa shape index (κ2) is 5.39. The minimum absolute atomic E-state index is 0.271. The third-order valence-corrected chi connectivity index (χ3v) is 4.22. The Morgan fingerprint density at radius 1 is 1.32 bits per heavy atom. The van der Waals surface area contributed by atoms with Crippen LogP contribution in [-0.2, 0) is 0 Å². The van der Waals surface area contributed by atoms with Crippen molar-refractivity contribution in [2.45, 2.75) is 38.3 Å². The maximum Gasteiger partial charge on any atom is 0.231 e. The quantitative estimate of drug-likeness (QED) is 0.874. The molecule has 3 rings (SSSR count). The number of fused-ring (bicyclic) bond motifs is 1. The Bertz CT molecular complexity index is 449. The lowest BCUT2D eigenvalue weighted by atomic mass is 10.0. The Kier molecular flexibility index (Phi) is 3.62. The lowest BCUT2D eigenvalue weighted by Crippen LogP contribution is -2.34. The number of ether oxygens (including phenoxy) is 2. The molecule has 0 radical (unpaired) electrons. The first-order chi connectivity index (χ1) is 9.24. The van der Waals surface area contributed by atoms with Crippen LogP contribution in [0.15, 0.2) is 18.2 Å². The van der Waals surface area contributed by atoms with Crippen LogP contribution in [-0.4, -0.2) is 24.5 Å². The Balaban J connectivity index is 1.59. The van der Waals surface area contributed by atoms with E-state index < -0.39 is 6.10 Å². The summed E-state index contributed by atoms with van der Waals surface area (Å²) in [6.07, 6.45) is 3.30. The van der Waals surface area contributed by atoms with Gasteiger partial charge in [0.1, 0.15) is 0 Å². The van der Waals surface area contributed by atoms with E-state index in [1.54, 1.807) is 0 Å². The molecule has 1 fully saturated rings. The standard InChI is InChI=1S/C15H21NO3/c1-10-3-2-4-12(10)16-8-13(17)11-5-6-14-15(7-11)19-9-18-14/h5-7,10,12-13,16-17H,2-4,8-9H2,1H3. The van der Waals surface area contributed by atoms with Crippen molar-refractivity contribution in [3.8, 4) is 11.5 Å². The molecule has 1 aromatic rings. The predicted octanol–water partition coefficient (Wildman–Crippen LogP) is 2.23. The van der Waals surface area contributed by atoms with E-state index in [9.17, 15) is 5.11 Å². The molecule has 104 valence electrons. The second-order valence-corrected chi connectivity index (χ2v) is 5.55. The average Bonchev–Trinajstić information content (AvgIpc) is 3.03. The fourth-order valence-electron chi connectivity index (χ4n) is 2.95. The summed E-state index contributed by atoms with van der Waals surface area (Å²) in [5.41, 5.74) is 0.877. The van der Waals surface area contributed by atoms with Gasteiger partial charge in [-0.1, -0.05) is 19.4 Å². The second-order valence-electron chi connectivity index (χ2n) is 5.55. The Hall–Kier alpha value is -1.26. The highest BCUT2D eigenvalue weighted by Gasteiger charge is 2.24. The van der Waals surface area contributed by atoms with Crippen molar-refractivity contribution in [2.24, 2.45) is 5.92 Å². The van der Waals surface area contributed by atoms with Crippen LogP contribution in [0.5, 0.6) is 11.5 Å². The monoisotopic (exact) mass is 263 g/mol. The molecule has 0 saturated heterocycles. The largest absolute Gasteiger partial charge is 0.454 e. The van der Waals surface area contributed by atoms with E-state index in [1.165, 1.54) is 19.3 Å².